The molecule has 26 heavy (non-hydrogen) atoms. The van der Waals surface area contributed by atoms with Crippen LogP contribution in [0.4, 0.5) is 0 Å². The molecule has 0 amide bonds. The Labute approximate surface area is 153 Å². The maximum absolute atomic E-state index is 13.2. The summed E-state index contributed by atoms with van der Waals surface area (Å²) in [6.07, 6.45) is 4.01. The maximum atomic E-state index is 13.2. The Kier molecular flexibility index (Phi) is 3.42. The lowest BCUT2D eigenvalue weighted by molar-refractivity contribution is -0.161. The Hall–Kier alpha value is -2.01. The third-order valence-electron chi connectivity index (χ3n) is 7.31. The van der Waals surface area contributed by atoms with E-state index in [1.807, 2.05) is 12.1 Å². The first-order valence-electron chi connectivity index (χ1n) is 9.75. The molecule has 4 aliphatic rings. The van der Waals surface area contributed by atoms with Gasteiger partial charge in [0.25, 0.3) is 0 Å². The number of ether oxygens (including phenoxy) is 1. The van der Waals surface area contributed by atoms with Gasteiger partial charge in [-0.1, -0.05) is 13.3 Å². The van der Waals surface area contributed by atoms with Crippen LogP contribution in [-0.2, 0) is 21.4 Å². The molecule has 5 nitrogen and oxygen atoms in total. The van der Waals surface area contributed by atoms with E-state index in [1.165, 1.54) is 19.1 Å². The molecule has 3 aliphatic heterocycles. The summed E-state index contributed by atoms with van der Waals surface area (Å²) in [7, 11) is 1.51. The zero-order valence-corrected chi connectivity index (χ0v) is 15.4. The van der Waals surface area contributed by atoms with Crippen LogP contribution in [0.1, 0.15) is 37.4 Å². The minimum Gasteiger partial charge on any atom is -0.508 e. The summed E-state index contributed by atoms with van der Waals surface area (Å²) < 4.78 is 5.38. The van der Waals surface area contributed by atoms with Crippen LogP contribution in [0.5, 0.6) is 5.75 Å². The van der Waals surface area contributed by atoms with Crippen LogP contribution in [0.3, 0.4) is 0 Å². The number of carbonyl (C=O) groups excluding carboxylic acids is 1. The molecule has 2 aromatic rings. The molecule has 0 spiro atoms. The summed E-state index contributed by atoms with van der Waals surface area (Å²) in [6, 6.07) is 5.65. The number of rotatable bonds is 2. The Bertz CT molecular complexity index is 889. The van der Waals surface area contributed by atoms with Crippen molar-refractivity contribution in [2.75, 3.05) is 20.2 Å². The highest BCUT2D eigenvalue weighted by Crippen LogP contribution is 2.55. The van der Waals surface area contributed by atoms with E-state index in [9.17, 15) is 9.90 Å². The lowest BCUT2D eigenvalue weighted by atomic mass is 9.56. The van der Waals surface area contributed by atoms with Crippen LogP contribution in [0, 0.1) is 11.8 Å². The Morgan fingerprint density at radius 2 is 2.31 bits per heavy atom. The second kappa shape index (κ2) is 5.49. The Balaban J connectivity index is 1.76. The van der Waals surface area contributed by atoms with Gasteiger partial charge in [-0.15, -0.1) is 0 Å². The number of phenols is 1. The van der Waals surface area contributed by atoms with Crippen LogP contribution in [0.15, 0.2) is 18.2 Å². The van der Waals surface area contributed by atoms with E-state index in [0.29, 0.717) is 11.8 Å². The highest BCUT2D eigenvalue weighted by molar-refractivity contribution is 5.92. The summed E-state index contributed by atoms with van der Waals surface area (Å²) in [4.78, 5) is 19.3. The summed E-state index contributed by atoms with van der Waals surface area (Å²) >= 11 is 0. The molecule has 2 N–H and O–H groups in total. The molecule has 5 unspecified atom stereocenters. The topological polar surface area (TPSA) is 65.6 Å². The maximum Gasteiger partial charge on any atom is 0.319 e. The minimum atomic E-state index is -0.607. The van der Waals surface area contributed by atoms with Crippen LogP contribution in [-0.4, -0.2) is 47.2 Å². The van der Waals surface area contributed by atoms with Crippen molar-refractivity contribution in [2.45, 2.75) is 44.1 Å². The number of aromatic amines is 1. The summed E-state index contributed by atoms with van der Waals surface area (Å²) in [5.41, 5.74) is 2.61. The van der Waals surface area contributed by atoms with Gasteiger partial charge >= 0.3 is 5.97 Å². The van der Waals surface area contributed by atoms with Crippen molar-refractivity contribution >= 4 is 16.9 Å². The fraction of sp³-hybridized carbons (Fsp3) is 0.571. The van der Waals surface area contributed by atoms with Crippen molar-refractivity contribution in [3.63, 3.8) is 0 Å². The number of H-pyrrole nitrogens is 1. The van der Waals surface area contributed by atoms with Gasteiger partial charge in [-0.05, 0) is 54.9 Å². The molecule has 6 rings (SSSR count). The minimum absolute atomic E-state index is 0.106. The first kappa shape index (κ1) is 16.2. The van der Waals surface area contributed by atoms with Gasteiger partial charge in [0.1, 0.15) is 11.2 Å². The Morgan fingerprint density at radius 3 is 3.04 bits per heavy atom. The fourth-order valence-electron chi connectivity index (χ4n) is 6.15. The number of carbonyl (C=O) groups is 1. The predicted octanol–water partition coefficient (Wildman–Crippen LogP) is 2.96. The van der Waals surface area contributed by atoms with E-state index >= 15 is 0 Å². The van der Waals surface area contributed by atoms with Gasteiger partial charge in [0.05, 0.1) is 7.11 Å². The zero-order valence-electron chi connectivity index (χ0n) is 15.4. The van der Waals surface area contributed by atoms with E-state index in [-0.39, 0.29) is 17.8 Å². The van der Waals surface area contributed by atoms with E-state index in [1.54, 1.807) is 6.07 Å². The molecule has 4 heterocycles. The lowest BCUT2D eigenvalue weighted by Gasteiger charge is -2.57. The molecule has 4 bridgehead atoms. The molecule has 1 aromatic heterocycles. The molecule has 3 fully saturated rings. The van der Waals surface area contributed by atoms with Gasteiger partial charge < -0.3 is 14.8 Å². The smallest absolute Gasteiger partial charge is 0.319 e. The molecule has 0 radical (unpaired) electrons. The number of nitrogens with one attached hydrogen (secondary N) is 1. The number of piperidine rings is 2. The first-order valence-corrected chi connectivity index (χ1v) is 9.75. The molecular weight excluding hydrogens is 328 g/mol. The third kappa shape index (κ3) is 1.92. The number of phenolic OH excluding ortho intramolecular Hbond substituents is 1. The van der Waals surface area contributed by atoms with Gasteiger partial charge in [0.15, 0.2) is 0 Å². The monoisotopic (exact) mass is 354 g/mol. The van der Waals surface area contributed by atoms with Gasteiger partial charge in [-0.25, -0.2) is 0 Å². The van der Waals surface area contributed by atoms with Gasteiger partial charge in [-0.3, -0.25) is 9.69 Å². The molecule has 5 atom stereocenters. The molecule has 5 heteroatoms. The summed E-state index contributed by atoms with van der Waals surface area (Å²) in [5.74, 6) is 1.40. The second-order valence-electron chi connectivity index (χ2n) is 8.30. The van der Waals surface area contributed by atoms with E-state index in [4.69, 9.17) is 4.74 Å². The number of aromatic hydroxyl groups is 1. The molecule has 1 aliphatic carbocycles. The van der Waals surface area contributed by atoms with Crippen molar-refractivity contribution < 1.29 is 14.6 Å². The highest BCUT2D eigenvalue weighted by Gasteiger charge is 2.61. The molecule has 138 valence electrons. The predicted molar refractivity (Wildman–Crippen MR) is 99.2 cm³/mol. The van der Waals surface area contributed by atoms with Crippen LogP contribution in [0.2, 0.25) is 0 Å². The number of fused-ring (bicyclic) bond motifs is 4. The molecular formula is C21H26N2O3. The highest BCUT2D eigenvalue weighted by atomic mass is 16.5. The molecule has 1 aromatic carbocycles. The largest absolute Gasteiger partial charge is 0.508 e. The van der Waals surface area contributed by atoms with Crippen LogP contribution >= 0.6 is 0 Å². The number of esters is 1. The van der Waals surface area contributed by atoms with E-state index < -0.39 is 5.41 Å². The number of hydrogen-bond acceptors (Lipinski definition) is 4. The normalized spacial score (nSPS) is 35.2. The van der Waals surface area contributed by atoms with Crippen LogP contribution < -0.4 is 0 Å². The summed E-state index contributed by atoms with van der Waals surface area (Å²) in [5, 5.41) is 11.0. The van der Waals surface area contributed by atoms with Crippen LogP contribution in [0.25, 0.3) is 10.9 Å². The van der Waals surface area contributed by atoms with Crippen molar-refractivity contribution in [1.29, 1.82) is 0 Å². The van der Waals surface area contributed by atoms with Gasteiger partial charge in [0.2, 0.25) is 0 Å². The van der Waals surface area contributed by atoms with Gasteiger partial charge in [-0.2, -0.15) is 0 Å². The zero-order chi connectivity index (χ0) is 18.1. The third-order valence-corrected chi connectivity index (χ3v) is 7.31. The quantitative estimate of drug-likeness (QED) is 0.814. The van der Waals surface area contributed by atoms with E-state index in [2.05, 4.69) is 16.8 Å². The summed E-state index contributed by atoms with van der Waals surface area (Å²) in [6.45, 7) is 4.33. The van der Waals surface area contributed by atoms with E-state index in [0.717, 1.165) is 48.9 Å². The molecule has 1 saturated carbocycles. The van der Waals surface area contributed by atoms with Gasteiger partial charge in [0, 0.05) is 35.7 Å². The Morgan fingerprint density at radius 1 is 1.46 bits per heavy atom. The lowest BCUT2D eigenvalue weighted by Crippen LogP contribution is -2.66. The number of benzene rings is 1. The average molecular weight is 354 g/mol. The number of nitrogens with zero attached hydrogens (tertiary/aromatic N) is 1. The van der Waals surface area contributed by atoms with Crippen molar-refractivity contribution in [2.24, 2.45) is 11.8 Å². The average Bonchev–Trinajstić information content (AvgIpc) is 2.99. The van der Waals surface area contributed by atoms with Crippen molar-refractivity contribution in [3.8, 4) is 5.75 Å². The standard InChI is InChI=1S/C21H26N2O3/c1-3-12-8-18-21(20(25)26-2)10-13(12)11-23(18)7-6-15-16-9-14(24)4-5-17(16)22-19(15)21/h4-5,9,12-13,18,22,24H,3,6-8,10-11H2,1-2H3. The molecule has 2 saturated heterocycles. The number of methoxy groups -OCH3 is 1. The fourth-order valence-corrected chi connectivity index (χ4v) is 6.15. The van der Waals surface area contributed by atoms with Crippen molar-refractivity contribution in [1.82, 2.24) is 9.88 Å². The first-order chi connectivity index (χ1) is 12.6. The second-order valence-corrected chi connectivity index (χ2v) is 8.30. The number of hydrogen-bond donors (Lipinski definition) is 2. The van der Waals surface area contributed by atoms with Crippen molar-refractivity contribution in [3.05, 3.63) is 29.5 Å². The number of aromatic nitrogens is 1. The SMILES string of the molecule is CCC1CC2N3CCc4c([nH]c5ccc(O)cc45)C2(C(=O)OC)CC1C3.